The van der Waals surface area contributed by atoms with Crippen LogP contribution in [0.3, 0.4) is 0 Å². The summed E-state index contributed by atoms with van der Waals surface area (Å²) >= 11 is 0. The van der Waals surface area contributed by atoms with Gasteiger partial charge in [-0.25, -0.2) is 5.32 Å². The average Bonchev–Trinajstić information content (AvgIpc) is 1.87. The highest BCUT2D eigenvalue weighted by Crippen LogP contribution is 2.05. The highest BCUT2D eigenvalue weighted by Gasteiger charge is 2.17. The van der Waals surface area contributed by atoms with Crippen molar-refractivity contribution in [2.24, 2.45) is 0 Å². The van der Waals surface area contributed by atoms with Gasteiger partial charge in [0, 0.05) is 6.42 Å². The first-order valence-corrected chi connectivity index (χ1v) is 2.53. The molecular formula is C5H8NO. The number of hydrogen-bond acceptors (Lipinski definition) is 1. The Bertz CT molecular complexity index is 90.1. The lowest BCUT2D eigenvalue weighted by Gasteiger charge is -1.91. The minimum Gasteiger partial charge on any atom is -0.273 e. The number of nitrogens with zero attached hydrogens (tertiary/aromatic N) is 1. The molecule has 1 fully saturated rings. The Morgan fingerprint density at radius 2 is 2.57 bits per heavy atom. The maximum Gasteiger partial charge on any atom is 0.241 e. The third kappa shape index (κ3) is 0.918. The third-order valence-electron chi connectivity index (χ3n) is 1.14. The molecule has 0 saturated carbocycles. The minimum absolute atomic E-state index is 0.0764. The molecule has 1 radical (unpaired) electrons. The van der Waals surface area contributed by atoms with E-state index >= 15 is 0 Å². The summed E-state index contributed by atoms with van der Waals surface area (Å²) in [6.07, 6.45) is 1.62. The Labute approximate surface area is 42.9 Å². The van der Waals surface area contributed by atoms with Crippen molar-refractivity contribution in [3.8, 4) is 0 Å². The van der Waals surface area contributed by atoms with Gasteiger partial charge in [-0.3, -0.25) is 4.79 Å². The number of hydrogen-bond donors (Lipinski definition) is 0. The zero-order valence-electron chi connectivity index (χ0n) is 4.35. The van der Waals surface area contributed by atoms with Crippen molar-refractivity contribution in [3.63, 3.8) is 0 Å². The monoisotopic (exact) mass is 98.1 g/mol. The van der Waals surface area contributed by atoms with E-state index in [-0.39, 0.29) is 5.91 Å². The lowest BCUT2D eigenvalue weighted by atomic mass is 10.3. The van der Waals surface area contributed by atoms with E-state index < -0.39 is 0 Å². The number of carbonyl (C=O) groups excluding carboxylic acids is 1. The van der Waals surface area contributed by atoms with E-state index in [2.05, 4.69) is 5.32 Å². The second kappa shape index (κ2) is 1.52. The standard InChI is InChI=1S/C5H8NO/c1-4-2-3-5(7)6-4/h4H,2-3H2,1H3/t4-/m0/s1. The fourth-order valence-corrected chi connectivity index (χ4v) is 0.707. The molecule has 1 saturated heterocycles. The third-order valence-corrected chi connectivity index (χ3v) is 1.14. The molecule has 2 heteroatoms. The molecule has 1 aliphatic heterocycles. The normalized spacial score (nSPS) is 30.4. The van der Waals surface area contributed by atoms with Crippen molar-refractivity contribution in [1.82, 2.24) is 5.32 Å². The number of rotatable bonds is 0. The molecule has 39 valence electrons. The lowest BCUT2D eigenvalue weighted by Crippen LogP contribution is -2.12. The van der Waals surface area contributed by atoms with Crippen molar-refractivity contribution in [2.45, 2.75) is 25.8 Å². The van der Waals surface area contributed by atoms with E-state index in [9.17, 15) is 4.79 Å². The molecule has 1 amide bonds. The van der Waals surface area contributed by atoms with Crippen molar-refractivity contribution in [1.29, 1.82) is 0 Å². The zero-order chi connectivity index (χ0) is 5.28. The van der Waals surface area contributed by atoms with Crippen molar-refractivity contribution < 1.29 is 4.79 Å². The van der Waals surface area contributed by atoms with Gasteiger partial charge in [0.15, 0.2) is 0 Å². The summed E-state index contributed by atoms with van der Waals surface area (Å²) in [6, 6.07) is 0.299. The summed E-state index contributed by atoms with van der Waals surface area (Å²) in [5.74, 6) is 0.0764. The summed E-state index contributed by atoms with van der Waals surface area (Å²) in [4.78, 5) is 10.3. The topological polar surface area (TPSA) is 31.2 Å². The summed E-state index contributed by atoms with van der Waals surface area (Å²) in [5, 5.41) is 3.75. The van der Waals surface area contributed by atoms with Gasteiger partial charge in [0.05, 0.1) is 6.04 Å². The predicted octanol–water partition coefficient (Wildman–Crippen LogP) is 0.300. The van der Waals surface area contributed by atoms with Crippen LogP contribution < -0.4 is 5.32 Å². The van der Waals surface area contributed by atoms with Crippen LogP contribution in [0.5, 0.6) is 0 Å². The van der Waals surface area contributed by atoms with E-state index in [4.69, 9.17) is 0 Å². The largest absolute Gasteiger partial charge is 0.273 e. The molecule has 0 bridgehead atoms. The maximum absolute atomic E-state index is 10.3. The SMILES string of the molecule is C[C@H]1CCC(=O)[N]1. The molecule has 0 N–H and O–H groups in total. The summed E-state index contributed by atoms with van der Waals surface area (Å²) < 4.78 is 0. The van der Waals surface area contributed by atoms with E-state index in [1.165, 1.54) is 0 Å². The van der Waals surface area contributed by atoms with Gasteiger partial charge in [-0.1, -0.05) is 0 Å². The molecule has 1 rings (SSSR count). The van der Waals surface area contributed by atoms with Crippen LogP contribution in [-0.4, -0.2) is 11.9 Å². The second-order valence-corrected chi connectivity index (χ2v) is 1.91. The van der Waals surface area contributed by atoms with Crippen LogP contribution in [0.2, 0.25) is 0 Å². The van der Waals surface area contributed by atoms with Gasteiger partial charge in [0.25, 0.3) is 0 Å². The van der Waals surface area contributed by atoms with Gasteiger partial charge in [-0.2, -0.15) is 0 Å². The summed E-state index contributed by atoms with van der Waals surface area (Å²) in [5.41, 5.74) is 0. The van der Waals surface area contributed by atoms with Crippen LogP contribution in [-0.2, 0) is 4.79 Å². The Balaban J connectivity index is 2.40. The van der Waals surface area contributed by atoms with Gasteiger partial charge in [0.1, 0.15) is 0 Å². The molecule has 1 heterocycles. The first-order valence-electron chi connectivity index (χ1n) is 2.53. The van der Waals surface area contributed by atoms with Gasteiger partial charge in [-0.05, 0) is 13.3 Å². The maximum atomic E-state index is 10.3. The second-order valence-electron chi connectivity index (χ2n) is 1.91. The minimum atomic E-state index is 0.0764. The smallest absolute Gasteiger partial charge is 0.241 e. The molecule has 0 aromatic rings. The van der Waals surface area contributed by atoms with Crippen LogP contribution in [0.25, 0.3) is 0 Å². The number of amides is 1. The molecule has 0 unspecified atom stereocenters. The quantitative estimate of drug-likeness (QED) is 0.428. The molecule has 2 nitrogen and oxygen atoms in total. The van der Waals surface area contributed by atoms with E-state index in [0.717, 1.165) is 6.42 Å². The van der Waals surface area contributed by atoms with Crippen molar-refractivity contribution in [3.05, 3.63) is 0 Å². The average molecular weight is 98.1 g/mol. The predicted molar refractivity (Wildman–Crippen MR) is 25.8 cm³/mol. The van der Waals surface area contributed by atoms with E-state index in [1.54, 1.807) is 0 Å². The van der Waals surface area contributed by atoms with Crippen LogP contribution in [0.1, 0.15) is 19.8 Å². The van der Waals surface area contributed by atoms with Crippen LogP contribution in [0.15, 0.2) is 0 Å². The van der Waals surface area contributed by atoms with Gasteiger partial charge in [-0.15, -0.1) is 0 Å². The van der Waals surface area contributed by atoms with E-state index in [1.807, 2.05) is 6.92 Å². The Hall–Kier alpha value is -0.530. The molecule has 0 spiro atoms. The molecule has 0 aromatic carbocycles. The molecule has 0 aromatic heterocycles. The molecule has 7 heavy (non-hydrogen) atoms. The van der Waals surface area contributed by atoms with Crippen molar-refractivity contribution >= 4 is 5.91 Å². The Morgan fingerprint density at radius 3 is 2.71 bits per heavy atom. The molecule has 1 atom stereocenters. The first-order chi connectivity index (χ1) is 3.29. The Kier molecular flexibility index (Phi) is 1.01. The highest BCUT2D eigenvalue weighted by molar-refractivity contribution is 5.77. The van der Waals surface area contributed by atoms with Crippen LogP contribution in [0.4, 0.5) is 0 Å². The van der Waals surface area contributed by atoms with E-state index in [0.29, 0.717) is 12.5 Å². The fourth-order valence-electron chi connectivity index (χ4n) is 0.707. The lowest BCUT2D eigenvalue weighted by molar-refractivity contribution is -0.119. The first kappa shape index (κ1) is 4.62. The summed E-state index contributed by atoms with van der Waals surface area (Å²) in [6.45, 7) is 1.96. The van der Waals surface area contributed by atoms with Crippen LogP contribution >= 0.6 is 0 Å². The molecular weight excluding hydrogens is 90.1 g/mol. The Morgan fingerprint density at radius 1 is 1.86 bits per heavy atom. The zero-order valence-corrected chi connectivity index (χ0v) is 4.35. The van der Waals surface area contributed by atoms with Gasteiger partial charge < -0.3 is 0 Å². The van der Waals surface area contributed by atoms with Gasteiger partial charge >= 0.3 is 0 Å². The van der Waals surface area contributed by atoms with Gasteiger partial charge in [0.2, 0.25) is 5.91 Å². The van der Waals surface area contributed by atoms with Crippen molar-refractivity contribution in [2.75, 3.05) is 0 Å². The summed E-state index contributed by atoms with van der Waals surface area (Å²) in [7, 11) is 0. The highest BCUT2D eigenvalue weighted by atomic mass is 16.1. The van der Waals surface area contributed by atoms with Crippen LogP contribution in [0, 0.1) is 0 Å². The fraction of sp³-hybridized carbons (Fsp3) is 0.800. The molecule has 0 aliphatic carbocycles. The molecule has 1 aliphatic rings. The number of carbonyl (C=O) groups is 1.